The van der Waals surface area contributed by atoms with Gasteiger partial charge >= 0.3 is 0 Å². The first-order valence-electron chi connectivity index (χ1n) is 11.5. The number of fused-ring (bicyclic) bond motifs is 3. The second kappa shape index (κ2) is 8.75. The van der Waals surface area contributed by atoms with Crippen molar-refractivity contribution in [1.82, 2.24) is 14.9 Å². The fourth-order valence-electron chi connectivity index (χ4n) is 4.75. The van der Waals surface area contributed by atoms with E-state index in [0.29, 0.717) is 13.1 Å². The summed E-state index contributed by atoms with van der Waals surface area (Å²) in [4.78, 5) is 30.0. The summed E-state index contributed by atoms with van der Waals surface area (Å²) in [5.41, 5.74) is 2.21. The molecule has 7 heteroatoms. The van der Waals surface area contributed by atoms with Crippen LogP contribution in [0.3, 0.4) is 0 Å². The molecule has 1 aromatic carbocycles. The SMILES string of the molecule is CC(C)c1nc(N2CCN(C(=O)c3cccc(Br)c3)CC2)c2c3c(sc2n1)C[C@H](C)CC3. The normalized spacial score (nSPS) is 19.0. The molecule has 168 valence electrons. The molecule has 2 aromatic heterocycles. The molecule has 0 spiro atoms. The largest absolute Gasteiger partial charge is 0.352 e. The molecule has 5 rings (SSSR count). The molecule has 3 aromatic rings. The molecule has 3 heterocycles. The Hall–Kier alpha value is -1.99. The van der Waals surface area contributed by atoms with Gasteiger partial charge in [-0.25, -0.2) is 9.97 Å². The Bertz CT molecular complexity index is 1170. The number of aryl methyl sites for hydroxylation is 1. The number of anilines is 1. The van der Waals surface area contributed by atoms with Crippen molar-refractivity contribution in [1.29, 1.82) is 0 Å². The molecule has 0 radical (unpaired) electrons. The number of aromatic nitrogens is 2. The third kappa shape index (κ3) is 4.05. The molecule has 0 N–H and O–H groups in total. The molecule has 32 heavy (non-hydrogen) atoms. The number of nitrogens with zero attached hydrogens (tertiary/aromatic N) is 4. The number of hydrogen-bond donors (Lipinski definition) is 0. The van der Waals surface area contributed by atoms with E-state index in [1.807, 2.05) is 40.5 Å². The third-order valence-electron chi connectivity index (χ3n) is 6.61. The highest BCUT2D eigenvalue weighted by molar-refractivity contribution is 9.10. The Kier molecular flexibility index (Phi) is 5.97. The molecule has 0 saturated carbocycles. The highest BCUT2D eigenvalue weighted by Gasteiger charge is 2.29. The van der Waals surface area contributed by atoms with E-state index < -0.39 is 0 Å². The van der Waals surface area contributed by atoms with Crippen LogP contribution < -0.4 is 4.90 Å². The monoisotopic (exact) mass is 512 g/mol. The Morgan fingerprint density at radius 1 is 1.19 bits per heavy atom. The summed E-state index contributed by atoms with van der Waals surface area (Å²) >= 11 is 5.34. The van der Waals surface area contributed by atoms with Crippen LogP contribution >= 0.6 is 27.3 Å². The van der Waals surface area contributed by atoms with Crippen molar-refractivity contribution in [2.75, 3.05) is 31.1 Å². The molecule has 1 fully saturated rings. The molecule has 1 atom stereocenters. The lowest BCUT2D eigenvalue weighted by Gasteiger charge is -2.36. The lowest BCUT2D eigenvalue weighted by molar-refractivity contribution is 0.0746. The molecule has 0 bridgehead atoms. The summed E-state index contributed by atoms with van der Waals surface area (Å²) in [6, 6.07) is 7.65. The van der Waals surface area contributed by atoms with E-state index in [4.69, 9.17) is 9.97 Å². The minimum absolute atomic E-state index is 0.101. The molecule has 0 unspecified atom stereocenters. The lowest BCUT2D eigenvalue weighted by Crippen LogP contribution is -2.49. The van der Waals surface area contributed by atoms with Gasteiger partial charge in [0.15, 0.2) is 0 Å². The standard InChI is InChI=1S/C25H29BrN4OS/c1-15(2)22-27-23(21-19-8-7-16(3)13-20(19)32-24(21)28-22)29-9-11-30(12-10-29)25(31)17-5-4-6-18(26)14-17/h4-6,14-16H,7-13H2,1-3H3/t16-/m1/s1. The van der Waals surface area contributed by atoms with E-state index >= 15 is 0 Å². The lowest BCUT2D eigenvalue weighted by atomic mass is 9.89. The molecular formula is C25H29BrN4OS. The van der Waals surface area contributed by atoms with E-state index in [1.165, 1.54) is 22.2 Å². The zero-order chi connectivity index (χ0) is 22.4. The van der Waals surface area contributed by atoms with Crippen molar-refractivity contribution < 1.29 is 4.79 Å². The maximum Gasteiger partial charge on any atom is 0.254 e. The van der Waals surface area contributed by atoms with E-state index in [2.05, 4.69) is 41.6 Å². The van der Waals surface area contributed by atoms with Crippen LogP contribution in [0, 0.1) is 5.92 Å². The van der Waals surface area contributed by atoms with Gasteiger partial charge in [-0.15, -0.1) is 11.3 Å². The Balaban J connectivity index is 1.44. The summed E-state index contributed by atoms with van der Waals surface area (Å²) in [7, 11) is 0. The van der Waals surface area contributed by atoms with Crippen LogP contribution in [-0.2, 0) is 12.8 Å². The molecule has 2 aliphatic rings. The maximum absolute atomic E-state index is 13.0. The molecule has 1 aliphatic carbocycles. The van der Waals surface area contributed by atoms with Crippen LogP contribution in [0.2, 0.25) is 0 Å². The highest BCUT2D eigenvalue weighted by atomic mass is 79.9. The van der Waals surface area contributed by atoms with Gasteiger partial charge in [-0.2, -0.15) is 0 Å². The second-order valence-electron chi connectivity index (χ2n) is 9.38. The van der Waals surface area contributed by atoms with Crippen molar-refractivity contribution in [2.24, 2.45) is 5.92 Å². The zero-order valence-corrected chi connectivity index (χ0v) is 21.3. The number of halogens is 1. The highest BCUT2D eigenvalue weighted by Crippen LogP contribution is 2.41. The predicted octanol–water partition coefficient (Wildman–Crippen LogP) is 5.66. The smallest absolute Gasteiger partial charge is 0.254 e. The molecule has 1 saturated heterocycles. The van der Waals surface area contributed by atoms with E-state index in [-0.39, 0.29) is 11.8 Å². The Morgan fingerprint density at radius 2 is 1.97 bits per heavy atom. The van der Waals surface area contributed by atoms with Gasteiger partial charge in [0, 0.05) is 47.0 Å². The number of benzene rings is 1. The molecular weight excluding hydrogens is 484 g/mol. The molecule has 1 amide bonds. The number of amides is 1. The number of carbonyl (C=O) groups is 1. The van der Waals surface area contributed by atoms with Gasteiger partial charge in [-0.3, -0.25) is 4.79 Å². The maximum atomic E-state index is 13.0. The topological polar surface area (TPSA) is 49.3 Å². The van der Waals surface area contributed by atoms with Gasteiger partial charge in [0.2, 0.25) is 0 Å². The zero-order valence-electron chi connectivity index (χ0n) is 18.9. The number of carbonyl (C=O) groups excluding carboxylic acids is 1. The predicted molar refractivity (Wildman–Crippen MR) is 135 cm³/mol. The summed E-state index contributed by atoms with van der Waals surface area (Å²) in [5.74, 6) is 3.13. The van der Waals surface area contributed by atoms with E-state index in [9.17, 15) is 4.79 Å². The van der Waals surface area contributed by atoms with Gasteiger partial charge in [0.25, 0.3) is 5.91 Å². The van der Waals surface area contributed by atoms with Crippen molar-refractivity contribution in [3.8, 4) is 0 Å². The van der Waals surface area contributed by atoms with Gasteiger partial charge in [-0.05, 0) is 48.9 Å². The van der Waals surface area contributed by atoms with Crippen molar-refractivity contribution in [3.63, 3.8) is 0 Å². The van der Waals surface area contributed by atoms with Crippen LogP contribution in [0.1, 0.15) is 59.7 Å². The van der Waals surface area contributed by atoms with Gasteiger partial charge in [0.1, 0.15) is 16.5 Å². The van der Waals surface area contributed by atoms with Crippen molar-refractivity contribution in [2.45, 2.75) is 46.0 Å². The minimum atomic E-state index is 0.101. The molecule has 1 aliphatic heterocycles. The third-order valence-corrected chi connectivity index (χ3v) is 8.25. The fourth-order valence-corrected chi connectivity index (χ4v) is 6.54. The first kappa shape index (κ1) is 21.8. The number of hydrogen-bond acceptors (Lipinski definition) is 5. The van der Waals surface area contributed by atoms with Crippen LogP contribution in [0.25, 0.3) is 10.2 Å². The first-order chi connectivity index (χ1) is 15.4. The average Bonchev–Trinajstić information content (AvgIpc) is 3.15. The van der Waals surface area contributed by atoms with Crippen LogP contribution in [-0.4, -0.2) is 47.0 Å². The Labute approximate surface area is 202 Å². The van der Waals surface area contributed by atoms with Gasteiger partial charge in [-0.1, -0.05) is 42.8 Å². The number of rotatable bonds is 3. The van der Waals surface area contributed by atoms with Crippen molar-refractivity contribution >= 4 is 49.2 Å². The molecule has 5 nitrogen and oxygen atoms in total. The van der Waals surface area contributed by atoms with Crippen molar-refractivity contribution in [3.05, 3.63) is 50.6 Å². The van der Waals surface area contributed by atoms with Crippen LogP contribution in [0.4, 0.5) is 5.82 Å². The van der Waals surface area contributed by atoms with E-state index in [0.717, 1.165) is 58.4 Å². The number of thiophene rings is 1. The first-order valence-corrected chi connectivity index (χ1v) is 13.1. The average molecular weight is 514 g/mol. The minimum Gasteiger partial charge on any atom is -0.352 e. The summed E-state index contributed by atoms with van der Waals surface area (Å²) < 4.78 is 0.933. The second-order valence-corrected chi connectivity index (χ2v) is 11.4. The summed E-state index contributed by atoms with van der Waals surface area (Å²) in [5, 5.41) is 1.27. The van der Waals surface area contributed by atoms with Gasteiger partial charge in [0.05, 0.1) is 5.39 Å². The summed E-state index contributed by atoms with van der Waals surface area (Å²) in [6.07, 6.45) is 3.51. The van der Waals surface area contributed by atoms with Gasteiger partial charge < -0.3 is 9.80 Å². The quantitative estimate of drug-likeness (QED) is 0.453. The Morgan fingerprint density at radius 3 is 2.69 bits per heavy atom. The number of piperazine rings is 1. The van der Waals surface area contributed by atoms with Crippen LogP contribution in [0.15, 0.2) is 28.7 Å². The summed E-state index contributed by atoms with van der Waals surface area (Å²) in [6.45, 7) is 9.68. The fraction of sp³-hybridized carbons (Fsp3) is 0.480. The van der Waals surface area contributed by atoms with E-state index in [1.54, 1.807) is 0 Å². The van der Waals surface area contributed by atoms with Crippen LogP contribution in [0.5, 0.6) is 0 Å².